The summed E-state index contributed by atoms with van der Waals surface area (Å²) in [6.07, 6.45) is 0.855. The Hall–Kier alpha value is -1.92. The van der Waals surface area contributed by atoms with E-state index in [1.54, 1.807) is 11.3 Å². The molecule has 2 aliphatic rings. The molecule has 4 atom stereocenters. The molecule has 0 spiro atoms. The number of carbonyl (C=O) groups is 2. The average Bonchev–Trinajstić information content (AvgIpc) is 3.17. The second-order valence-electron chi connectivity index (χ2n) is 7.73. The lowest BCUT2D eigenvalue weighted by atomic mass is 9.77. The Morgan fingerprint density at radius 1 is 1.19 bits per heavy atom. The van der Waals surface area contributed by atoms with Gasteiger partial charge >= 0.3 is 0 Å². The first-order valence-corrected chi connectivity index (χ1v) is 9.97. The Labute approximate surface area is 157 Å². The van der Waals surface area contributed by atoms with E-state index in [-0.39, 0.29) is 17.9 Å². The van der Waals surface area contributed by atoms with E-state index >= 15 is 0 Å². The summed E-state index contributed by atoms with van der Waals surface area (Å²) in [5.74, 6) is 0.634. The Bertz CT molecular complexity index is 862. The number of hydrogen-bond acceptors (Lipinski definition) is 4. The van der Waals surface area contributed by atoms with Gasteiger partial charge in [0.1, 0.15) is 0 Å². The van der Waals surface area contributed by atoms with E-state index in [9.17, 15) is 14.7 Å². The van der Waals surface area contributed by atoms with Gasteiger partial charge < -0.3 is 15.3 Å². The molecule has 26 heavy (non-hydrogen) atoms. The number of amides is 2. The molecule has 6 heteroatoms. The summed E-state index contributed by atoms with van der Waals surface area (Å²) >= 11 is 1.55. The molecule has 1 saturated heterocycles. The van der Waals surface area contributed by atoms with Gasteiger partial charge in [-0.3, -0.25) is 9.59 Å². The Morgan fingerprint density at radius 2 is 1.92 bits per heavy atom. The molecule has 2 aromatic rings. The van der Waals surface area contributed by atoms with E-state index in [1.807, 2.05) is 11.0 Å². The molecule has 0 bridgehead atoms. The van der Waals surface area contributed by atoms with Gasteiger partial charge in [0.2, 0.25) is 5.91 Å². The van der Waals surface area contributed by atoms with Crippen molar-refractivity contribution >= 4 is 33.2 Å². The predicted molar refractivity (Wildman–Crippen MR) is 102 cm³/mol. The molecule has 5 nitrogen and oxygen atoms in total. The van der Waals surface area contributed by atoms with Gasteiger partial charge in [-0.15, -0.1) is 11.3 Å². The Balaban J connectivity index is 1.49. The maximum Gasteiger partial charge on any atom is 0.263 e. The summed E-state index contributed by atoms with van der Waals surface area (Å²) in [5.41, 5.74) is 1.19. The van der Waals surface area contributed by atoms with Crippen LogP contribution in [-0.4, -0.2) is 47.1 Å². The van der Waals surface area contributed by atoms with Crippen LogP contribution in [0.2, 0.25) is 0 Å². The van der Waals surface area contributed by atoms with E-state index < -0.39 is 6.10 Å². The van der Waals surface area contributed by atoms with Gasteiger partial charge in [-0.1, -0.05) is 17.7 Å². The number of rotatable bonds is 2. The maximum atomic E-state index is 13.0. The Kier molecular flexibility index (Phi) is 4.49. The normalized spacial score (nSPS) is 28.2. The molecule has 2 amide bonds. The molecule has 2 fully saturated rings. The lowest BCUT2D eigenvalue weighted by molar-refractivity contribution is -0.121. The summed E-state index contributed by atoms with van der Waals surface area (Å²) in [5, 5.41) is 14.3. The summed E-state index contributed by atoms with van der Waals surface area (Å²) in [7, 11) is 0. The van der Waals surface area contributed by atoms with E-state index in [1.165, 1.54) is 12.5 Å². The number of hydrogen-bond donors (Lipinski definition) is 2. The number of nitrogens with zero attached hydrogens (tertiary/aromatic N) is 1. The number of aliphatic hydroxyl groups excluding tert-OH is 1. The van der Waals surface area contributed by atoms with Crippen LogP contribution < -0.4 is 5.32 Å². The minimum Gasteiger partial charge on any atom is -0.391 e. The highest BCUT2D eigenvalue weighted by molar-refractivity contribution is 7.20. The topological polar surface area (TPSA) is 69.6 Å². The largest absolute Gasteiger partial charge is 0.391 e. The van der Waals surface area contributed by atoms with Crippen LogP contribution in [0.15, 0.2) is 24.3 Å². The molecule has 1 aliphatic heterocycles. The van der Waals surface area contributed by atoms with Gasteiger partial charge in [0.25, 0.3) is 5.91 Å². The van der Waals surface area contributed by atoms with Gasteiger partial charge in [-0.2, -0.15) is 0 Å². The third-order valence-corrected chi connectivity index (χ3v) is 6.80. The number of nitrogens with one attached hydrogen (secondary N) is 1. The molecule has 1 saturated carbocycles. The zero-order valence-electron chi connectivity index (χ0n) is 15.1. The molecule has 4 rings (SSSR count). The fourth-order valence-electron chi connectivity index (χ4n) is 4.44. The van der Waals surface area contributed by atoms with Crippen LogP contribution in [0.25, 0.3) is 10.1 Å². The number of likely N-dealkylation sites (tertiary alicyclic amines) is 1. The van der Waals surface area contributed by atoms with Crippen LogP contribution >= 0.6 is 11.3 Å². The molecule has 2 heterocycles. The molecular weight excluding hydrogens is 348 g/mol. The highest BCUT2D eigenvalue weighted by atomic mass is 32.1. The number of benzene rings is 1. The van der Waals surface area contributed by atoms with Crippen LogP contribution in [0.5, 0.6) is 0 Å². The summed E-state index contributed by atoms with van der Waals surface area (Å²) in [6, 6.07) is 8.05. The van der Waals surface area contributed by atoms with E-state index in [0.29, 0.717) is 31.3 Å². The Morgan fingerprint density at radius 3 is 2.65 bits per heavy atom. The van der Waals surface area contributed by atoms with Crippen LogP contribution in [-0.2, 0) is 4.79 Å². The minimum absolute atomic E-state index is 0.0869. The fraction of sp³-hybridized carbons (Fsp3) is 0.500. The fourth-order valence-corrected chi connectivity index (χ4v) is 5.45. The van der Waals surface area contributed by atoms with Crippen molar-refractivity contribution in [2.24, 2.45) is 11.8 Å². The van der Waals surface area contributed by atoms with Crippen molar-refractivity contribution in [1.82, 2.24) is 10.2 Å². The minimum atomic E-state index is -0.525. The maximum absolute atomic E-state index is 13.0. The number of aliphatic hydroxyl groups is 1. The number of carbonyl (C=O) groups excluding carboxylic acids is 2. The summed E-state index contributed by atoms with van der Waals surface area (Å²) in [6.45, 7) is 4.94. The van der Waals surface area contributed by atoms with Crippen molar-refractivity contribution in [3.63, 3.8) is 0 Å². The van der Waals surface area contributed by atoms with Gasteiger partial charge in [-0.25, -0.2) is 0 Å². The first kappa shape index (κ1) is 17.5. The summed E-state index contributed by atoms with van der Waals surface area (Å²) < 4.78 is 1.14. The van der Waals surface area contributed by atoms with Crippen LogP contribution in [0.4, 0.5) is 0 Å². The van der Waals surface area contributed by atoms with Crippen molar-refractivity contribution < 1.29 is 14.7 Å². The second kappa shape index (κ2) is 6.67. The van der Waals surface area contributed by atoms with Gasteiger partial charge in [0.15, 0.2) is 0 Å². The molecule has 1 aromatic heterocycles. The molecule has 138 valence electrons. The zero-order chi connectivity index (χ0) is 18.4. The standard InChI is InChI=1S/C20H24N2O3S/c1-11-3-4-18-13(5-11)8-19(26-18)20(25)22-9-14-6-16(21-12(2)23)17(24)7-15(14)10-22/h3-5,8,14-17,24H,6-7,9-10H2,1-2H3,(H,21,23)/t14-,15+,16-,17-/m1/s1. The van der Waals surface area contributed by atoms with Gasteiger partial charge in [0, 0.05) is 24.7 Å². The van der Waals surface area contributed by atoms with Gasteiger partial charge in [0.05, 0.1) is 17.0 Å². The van der Waals surface area contributed by atoms with E-state index in [0.717, 1.165) is 21.4 Å². The van der Waals surface area contributed by atoms with E-state index in [2.05, 4.69) is 30.4 Å². The third kappa shape index (κ3) is 3.23. The lowest BCUT2D eigenvalue weighted by Gasteiger charge is -2.35. The highest BCUT2D eigenvalue weighted by Crippen LogP contribution is 2.38. The van der Waals surface area contributed by atoms with Crippen molar-refractivity contribution in [2.75, 3.05) is 13.1 Å². The van der Waals surface area contributed by atoms with Crippen molar-refractivity contribution in [3.8, 4) is 0 Å². The molecule has 2 N–H and O–H groups in total. The zero-order valence-corrected chi connectivity index (χ0v) is 15.9. The SMILES string of the molecule is CC(=O)N[C@@H]1C[C@@H]2CN(C(=O)c3cc4cc(C)ccc4s3)C[C@@H]2C[C@H]1O. The lowest BCUT2D eigenvalue weighted by Crippen LogP contribution is -2.48. The average molecular weight is 372 g/mol. The number of fused-ring (bicyclic) bond motifs is 2. The molecule has 1 aromatic carbocycles. The molecule has 1 aliphatic carbocycles. The highest BCUT2D eigenvalue weighted by Gasteiger charge is 2.43. The van der Waals surface area contributed by atoms with E-state index in [4.69, 9.17) is 0 Å². The van der Waals surface area contributed by atoms with Crippen LogP contribution in [0.1, 0.15) is 35.0 Å². The predicted octanol–water partition coefficient (Wildman–Crippen LogP) is 2.56. The van der Waals surface area contributed by atoms with Crippen molar-refractivity contribution in [3.05, 3.63) is 34.7 Å². The van der Waals surface area contributed by atoms with Crippen LogP contribution in [0.3, 0.4) is 0 Å². The molecule has 0 radical (unpaired) electrons. The van der Waals surface area contributed by atoms with Crippen molar-refractivity contribution in [2.45, 2.75) is 38.8 Å². The van der Waals surface area contributed by atoms with Crippen LogP contribution in [0, 0.1) is 18.8 Å². The number of thiophene rings is 1. The molecular formula is C20H24N2O3S. The quantitative estimate of drug-likeness (QED) is 0.851. The monoisotopic (exact) mass is 372 g/mol. The number of aryl methyl sites for hydroxylation is 1. The third-order valence-electron chi connectivity index (χ3n) is 5.70. The summed E-state index contributed by atoms with van der Waals surface area (Å²) in [4.78, 5) is 27.0. The first-order chi connectivity index (χ1) is 12.4. The first-order valence-electron chi connectivity index (χ1n) is 9.15. The smallest absolute Gasteiger partial charge is 0.263 e. The van der Waals surface area contributed by atoms with Gasteiger partial charge in [-0.05, 0) is 49.1 Å². The van der Waals surface area contributed by atoms with Crippen molar-refractivity contribution in [1.29, 1.82) is 0 Å². The second-order valence-corrected chi connectivity index (χ2v) is 8.81. The molecule has 0 unspecified atom stereocenters.